The second-order valence-corrected chi connectivity index (χ2v) is 3.90. The van der Waals surface area contributed by atoms with Crippen molar-refractivity contribution in [3.63, 3.8) is 0 Å². The van der Waals surface area contributed by atoms with Crippen molar-refractivity contribution in [1.29, 1.82) is 5.26 Å². The number of aromatic nitrogens is 2. The highest BCUT2D eigenvalue weighted by Gasteiger charge is 2.13. The van der Waals surface area contributed by atoms with Gasteiger partial charge in [0.25, 0.3) is 0 Å². The Balaban J connectivity index is 3.04. The van der Waals surface area contributed by atoms with E-state index in [1.165, 1.54) is 0 Å². The number of hydrogen-bond donors (Lipinski definition) is 1. The number of aryl methyl sites for hydroxylation is 1. The summed E-state index contributed by atoms with van der Waals surface area (Å²) in [6, 6.07) is 2.03. The van der Waals surface area contributed by atoms with Crippen LogP contribution in [0.3, 0.4) is 0 Å². The van der Waals surface area contributed by atoms with Gasteiger partial charge in [-0.15, -0.1) is 11.5 Å². The predicted octanol–water partition coefficient (Wildman–Crippen LogP) is 2.18. The van der Waals surface area contributed by atoms with Gasteiger partial charge in [-0.05, 0) is 25.8 Å². The lowest BCUT2D eigenvalue weighted by Gasteiger charge is -2.14. The molecule has 17 heavy (non-hydrogen) atoms. The van der Waals surface area contributed by atoms with E-state index in [9.17, 15) is 0 Å². The lowest BCUT2D eigenvalue weighted by Crippen LogP contribution is -2.19. The standard InChI is InChI=1S/C13H16N4/c1-5-7-11(6-2)15-13-12(8-14)9(3)10(4)16-17-13/h2,11H,5,7H2,1,3-4H3,(H,15,17). The molecule has 4 heteroatoms. The average Bonchev–Trinajstić information content (AvgIpc) is 2.33. The molecule has 0 aliphatic carbocycles. The molecule has 0 aliphatic heterocycles. The van der Waals surface area contributed by atoms with E-state index in [-0.39, 0.29) is 6.04 Å². The number of nitriles is 1. The van der Waals surface area contributed by atoms with Crippen molar-refractivity contribution in [1.82, 2.24) is 10.2 Å². The monoisotopic (exact) mass is 228 g/mol. The third kappa shape index (κ3) is 2.95. The van der Waals surface area contributed by atoms with Gasteiger partial charge in [-0.3, -0.25) is 0 Å². The number of hydrogen-bond acceptors (Lipinski definition) is 4. The predicted molar refractivity (Wildman–Crippen MR) is 67.4 cm³/mol. The Bertz CT molecular complexity index is 479. The van der Waals surface area contributed by atoms with Gasteiger partial charge in [0.15, 0.2) is 5.82 Å². The molecule has 1 unspecified atom stereocenters. The SMILES string of the molecule is C#CC(CCC)Nc1nnc(C)c(C)c1C#N. The molecule has 4 nitrogen and oxygen atoms in total. The lowest BCUT2D eigenvalue weighted by atomic mass is 10.1. The van der Waals surface area contributed by atoms with Gasteiger partial charge >= 0.3 is 0 Å². The van der Waals surface area contributed by atoms with Crippen LogP contribution < -0.4 is 5.32 Å². The van der Waals surface area contributed by atoms with Crippen molar-refractivity contribution in [2.75, 3.05) is 5.32 Å². The molecule has 0 aromatic carbocycles. The summed E-state index contributed by atoms with van der Waals surface area (Å²) in [5, 5.41) is 20.2. The summed E-state index contributed by atoms with van der Waals surface area (Å²) in [5.41, 5.74) is 2.13. The second kappa shape index (κ2) is 5.86. The molecule has 0 radical (unpaired) electrons. The quantitative estimate of drug-likeness (QED) is 0.802. The molecule has 1 atom stereocenters. The fourth-order valence-corrected chi connectivity index (χ4v) is 1.50. The third-order valence-electron chi connectivity index (χ3n) is 2.66. The Labute approximate surface area is 102 Å². The summed E-state index contributed by atoms with van der Waals surface area (Å²) in [6.45, 7) is 5.75. The summed E-state index contributed by atoms with van der Waals surface area (Å²) in [5.74, 6) is 3.13. The van der Waals surface area contributed by atoms with Gasteiger partial charge in [-0.25, -0.2) is 0 Å². The molecule has 0 saturated heterocycles. The van der Waals surface area contributed by atoms with Crippen LogP contribution in [0, 0.1) is 37.5 Å². The topological polar surface area (TPSA) is 61.6 Å². The van der Waals surface area contributed by atoms with Crippen LogP contribution in [0.1, 0.15) is 36.6 Å². The van der Waals surface area contributed by atoms with Crippen LogP contribution in [0.25, 0.3) is 0 Å². The van der Waals surface area contributed by atoms with E-state index < -0.39 is 0 Å². The number of nitrogens with zero attached hydrogens (tertiary/aromatic N) is 3. The van der Waals surface area contributed by atoms with E-state index in [1.807, 2.05) is 13.8 Å². The first kappa shape index (κ1) is 13.0. The normalized spacial score (nSPS) is 11.4. The van der Waals surface area contributed by atoms with E-state index in [4.69, 9.17) is 11.7 Å². The van der Waals surface area contributed by atoms with Crippen LogP contribution in [0.5, 0.6) is 0 Å². The highest BCUT2D eigenvalue weighted by atomic mass is 15.2. The molecule has 88 valence electrons. The fraction of sp³-hybridized carbons (Fsp3) is 0.462. The van der Waals surface area contributed by atoms with Gasteiger partial charge < -0.3 is 5.32 Å². The zero-order valence-corrected chi connectivity index (χ0v) is 10.4. The first-order valence-electron chi connectivity index (χ1n) is 5.60. The van der Waals surface area contributed by atoms with Crippen LogP contribution in [0.15, 0.2) is 0 Å². The number of terminal acetylenes is 1. The molecule has 1 rings (SSSR count). The van der Waals surface area contributed by atoms with E-state index in [1.54, 1.807) is 0 Å². The van der Waals surface area contributed by atoms with Crippen molar-refractivity contribution in [3.05, 3.63) is 16.8 Å². The van der Waals surface area contributed by atoms with E-state index in [0.717, 1.165) is 24.1 Å². The number of rotatable bonds is 4. The van der Waals surface area contributed by atoms with Gasteiger partial charge in [-0.2, -0.15) is 10.4 Å². The van der Waals surface area contributed by atoms with Crippen molar-refractivity contribution in [3.8, 4) is 18.4 Å². The lowest BCUT2D eigenvalue weighted by molar-refractivity contribution is 0.748. The molecule has 0 saturated carbocycles. The summed E-state index contributed by atoms with van der Waals surface area (Å²) in [7, 11) is 0. The van der Waals surface area contributed by atoms with Crippen molar-refractivity contribution < 1.29 is 0 Å². The first-order valence-corrected chi connectivity index (χ1v) is 5.60. The van der Waals surface area contributed by atoms with Crippen molar-refractivity contribution in [2.45, 2.75) is 39.7 Å². The zero-order chi connectivity index (χ0) is 12.8. The highest BCUT2D eigenvalue weighted by Crippen LogP contribution is 2.18. The minimum Gasteiger partial charge on any atom is -0.354 e. The highest BCUT2D eigenvalue weighted by molar-refractivity contribution is 5.56. The molecule has 0 aliphatic rings. The molecular formula is C13H16N4. The molecule has 0 bridgehead atoms. The zero-order valence-electron chi connectivity index (χ0n) is 10.4. The van der Waals surface area contributed by atoms with Crippen molar-refractivity contribution in [2.24, 2.45) is 0 Å². The Morgan fingerprint density at radius 3 is 2.65 bits per heavy atom. The Kier molecular flexibility index (Phi) is 4.48. The van der Waals surface area contributed by atoms with Gasteiger partial charge in [0, 0.05) is 0 Å². The van der Waals surface area contributed by atoms with Gasteiger partial charge in [0.1, 0.15) is 11.6 Å². The summed E-state index contributed by atoms with van der Waals surface area (Å²) < 4.78 is 0. The van der Waals surface area contributed by atoms with E-state index >= 15 is 0 Å². The molecular weight excluding hydrogens is 212 g/mol. The maximum Gasteiger partial charge on any atom is 0.167 e. The number of nitrogens with one attached hydrogen (secondary N) is 1. The molecule has 1 aromatic heterocycles. The molecule has 1 aromatic rings. The fourth-order valence-electron chi connectivity index (χ4n) is 1.50. The van der Waals surface area contributed by atoms with Crippen LogP contribution >= 0.6 is 0 Å². The van der Waals surface area contributed by atoms with Crippen LogP contribution in [-0.4, -0.2) is 16.2 Å². The van der Waals surface area contributed by atoms with E-state index in [2.05, 4.69) is 34.4 Å². The van der Waals surface area contributed by atoms with Gasteiger partial charge in [0.05, 0.1) is 11.7 Å². The average molecular weight is 228 g/mol. The third-order valence-corrected chi connectivity index (χ3v) is 2.66. The van der Waals surface area contributed by atoms with Crippen LogP contribution in [0.4, 0.5) is 5.82 Å². The largest absolute Gasteiger partial charge is 0.354 e. The van der Waals surface area contributed by atoms with Gasteiger partial charge in [0.2, 0.25) is 0 Å². The van der Waals surface area contributed by atoms with Crippen LogP contribution in [0.2, 0.25) is 0 Å². The Hall–Kier alpha value is -2.07. The molecule has 0 amide bonds. The summed E-state index contributed by atoms with van der Waals surface area (Å²) in [4.78, 5) is 0. The van der Waals surface area contributed by atoms with Crippen molar-refractivity contribution >= 4 is 5.82 Å². The molecule has 0 spiro atoms. The Morgan fingerprint density at radius 1 is 1.41 bits per heavy atom. The Morgan fingerprint density at radius 2 is 2.12 bits per heavy atom. The molecule has 0 fully saturated rings. The second-order valence-electron chi connectivity index (χ2n) is 3.90. The summed E-state index contributed by atoms with van der Waals surface area (Å²) in [6.07, 6.45) is 7.24. The van der Waals surface area contributed by atoms with Gasteiger partial charge in [-0.1, -0.05) is 19.3 Å². The molecule has 1 heterocycles. The van der Waals surface area contributed by atoms with E-state index in [0.29, 0.717) is 11.4 Å². The minimum atomic E-state index is -0.108. The van der Waals surface area contributed by atoms with Crippen LogP contribution in [-0.2, 0) is 0 Å². The maximum atomic E-state index is 9.13. The summed E-state index contributed by atoms with van der Waals surface area (Å²) >= 11 is 0. The first-order chi connectivity index (χ1) is 8.13. The number of anilines is 1. The molecule has 1 N–H and O–H groups in total. The smallest absolute Gasteiger partial charge is 0.167 e. The maximum absolute atomic E-state index is 9.13. The minimum absolute atomic E-state index is 0.108.